The predicted molar refractivity (Wildman–Crippen MR) is 153 cm³/mol. The molecule has 38 heavy (non-hydrogen) atoms. The van der Waals surface area contributed by atoms with Crippen LogP contribution in [0, 0.1) is 18.3 Å². The summed E-state index contributed by atoms with van der Waals surface area (Å²) in [5.41, 5.74) is 4.94. The van der Waals surface area contributed by atoms with E-state index in [4.69, 9.17) is 0 Å². The Morgan fingerprint density at radius 3 is 2.74 bits per heavy atom. The highest BCUT2D eigenvalue weighted by atomic mass is 16.4. The van der Waals surface area contributed by atoms with E-state index in [0.717, 1.165) is 78.7 Å². The smallest absolute Gasteiger partial charge is 0.407 e. The Bertz CT molecular complexity index is 1340. The van der Waals surface area contributed by atoms with Gasteiger partial charge in [0.25, 0.3) is 0 Å². The molecule has 1 saturated heterocycles. The van der Waals surface area contributed by atoms with Crippen LogP contribution in [0.1, 0.15) is 63.1 Å². The summed E-state index contributed by atoms with van der Waals surface area (Å²) in [7, 11) is 0. The largest absolute Gasteiger partial charge is 0.465 e. The van der Waals surface area contributed by atoms with Crippen LogP contribution < -0.4 is 5.32 Å². The molecule has 1 aromatic carbocycles. The zero-order valence-corrected chi connectivity index (χ0v) is 22.8. The number of anilines is 2. The average Bonchev–Trinajstić information content (AvgIpc) is 3.36. The molecule has 0 unspecified atom stereocenters. The van der Waals surface area contributed by atoms with Gasteiger partial charge in [0.05, 0.1) is 11.3 Å². The molecular formula is C30H38N6O2. The van der Waals surface area contributed by atoms with Gasteiger partial charge >= 0.3 is 6.09 Å². The van der Waals surface area contributed by atoms with Gasteiger partial charge in [-0.05, 0) is 83.7 Å². The maximum absolute atomic E-state index is 11.8. The summed E-state index contributed by atoms with van der Waals surface area (Å²) in [6.45, 7) is 10.8. The van der Waals surface area contributed by atoms with Gasteiger partial charge < -0.3 is 25.2 Å². The zero-order chi connectivity index (χ0) is 27.3. The Morgan fingerprint density at radius 2 is 2.05 bits per heavy atom. The second-order valence-electron chi connectivity index (χ2n) is 11.0. The summed E-state index contributed by atoms with van der Waals surface area (Å²) in [5, 5.41) is 24.0. The average molecular weight is 515 g/mol. The van der Waals surface area contributed by atoms with Crippen molar-refractivity contribution >= 4 is 34.4 Å². The molecule has 2 aromatic heterocycles. The molecule has 0 atom stereocenters. The van der Waals surface area contributed by atoms with E-state index in [-0.39, 0.29) is 11.6 Å². The van der Waals surface area contributed by atoms with Crippen molar-refractivity contribution in [1.29, 1.82) is 5.26 Å². The third kappa shape index (κ3) is 6.17. The van der Waals surface area contributed by atoms with E-state index in [1.807, 2.05) is 45.2 Å². The standard InChI is InChI=1S/C30H38N6O2/c1-21-25-11-14-33-27(25)10-9-26(21)34-28-22(19-32-20-23(28)18-31)8-6-5-7-15-35-16-12-24(13-17-35)36(29(37)38)30(2,3)4/h6,8-11,14,19-20,24,33H,5,7,12-13,15-17H2,1-4H3,(H,32,34)(H,37,38)/b8-6+. The number of allylic oxidation sites excluding steroid dienone is 1. The van der Waals surface area contributed by atoms with E-state index in [1.165, 1.54) is 0 Å². The summed E-state index contributed by atoms with van der Waals surface area (Å²) in [5.74, 6) is 0. The lowest BCUT2D eigenvalue weighted by molar-refractivity contribution is 0.0421. The Hall–Kier alpha value is -3.83. The van der Waals surface area contributed by atoms with Crippen LogP contribution in [-0.2, 0) is 0 Å². The first-order valence-electron chi connectivity index (χ1n) is 13.3. The van der Waals surface area contributed by atoms with Crippen LogP contribution in [0.5, 0.6) is 0 Å². The molecule has 0 aliphatic carbocycles. The highest BCUT2D eigenvalue weighted by Crippen LogP contribution is 2.31. The van der Waals surface area contributed by atoms with E-state index in [0.29, 0.717) is 5.56 Å². The molecule has 1 aliphatic heterocycles. The quantitative estimate of drug-likeness (QED) is 0.295. The first-order valence-corrected chi connectivity index (χ1v) is 13.3. The van der Waals surface area contributed by atoms with Gasteiger partial charge in [-0.15, -0.1) is 0 Å². The summed E-state index contributed by atoms with van der Waals surface area (Å²) < 4.78 is 0. The number of unbranched alkanes of at least 4 members (excludes halogenated alkanes) is 1. The third-order valence-electron chi connectivity index (χ3n) is 7.35. The van der Waals surface area contributed by atoms with E-state index in [1.54, 1.807) is 17.3 Å². The van der Waals surface area contributed by atoms with Crippen LogP contribution in [0.4, 0.5) is 16.2 Å². The summed E-state index contributed by atoms with van der Waals surface area (Å²) in [4.78, 5) is 23.3. The number of nitrogens with one attached hydrogen (secondary N) is 2. The van der Waals surface area contributed by atoms with Gasteiger partial charge in [-0.1, -0.05) is 12.2 Å². The molecule has 1 amide bonds. The molecule has 0 bridgehead atoms. The molecule has 8 nitrogen and oxygen atoms in total. The fourth-order valence-electron chi connectivity index (χ4n) is 5.42. The number of aromatic amines is 1. The number of H-pyrrole nitrogens is 1. The van der Waals surface area contributed by atoms with Crippen molar-refractivity contribution in [3.8, 4) is 6.07 Å². The van der Waals surface area contributed by atoms with Gasteiger partial charge in [0, 0.05) is 65.4 Å². The first kappa shape index (κ1) is 27.2. The van der Waals surface area contributed by atoms with Crippen LogP contribution >= 0.6 is 0 Å². The number of piperidine rings is 1. The number of amides is 1. The van der Waals surface area contributed by atoms with Crippen LogP contribution in [-0.4, -0.2) is 62.2 Å². The van der Waals surface area contributed by atoms with E-state index < -0.39 is 6.09 Å². The van der Waals surface area contributed by atoms with Gasteiger partial charge in [0.2, 0.25) is 0 Å². The number of carbonyl (C=O) groups is 1. The number of carboxylic acid groups (broad SMARTS) is 1. The van der Waals surface area contributed by atoms with Crippen molar-refractivity contribution in [3.63, 3.8) is 0 Å². The molecule has 3 N–H and O–H groups in total. The number of nitrogens with zero attached hydrogens (tertiary/aromatic N) is 4. The van der Waals surface area contributed by atoms with Crippen LogP contribution in [0.15, 0.2) is 42.9 Å². The first-order chi connectivity index (χ1) is 18.2. The van der Waals surface area contributed by atoms with E-state index in [2.05, 4.69) is 45.3 Å². The molecule has 0 saturated carbocycles. The van der Waals surface area contributed by atoms with E-state index in [9.17, 15) is 15.2 Å². The number of benzene rings is 1. The minimum absolute atomic E-state index is 0.0797. The Morgan fingerprint density at radius 1 is 1.29 bits per heavy atom. The molecular weight excluding hydrogens is 476 g/mol. The molecule has 3 aromatic rings. The van der Waals surface area contributed by atoms with Gasteiger partial charge in [-0.25, -0.2) is 4.79 Å². The minimum Gasteiger partial charge on any atom is -0.465 e. The molecule has 200 valence electrons. The molecule has 1 fully saturated rings. The lowest BCUT2D eigenvalue weighted by Crippen LogP contribution is -2.54. The Kier molecular flexibility index (Phi) is 8.38. The normalized spacial score (nSPS) is 15.1. The van der Waals surface area contributed by atoms with Crippen LogP contribution in [0.2, 0.25) is 0 Å². The fourth-order valence-corrected chi connectivity index (χ4v) is 5.42. The van der Waals surface area contributed by atoms with Crippen molar-refractivity contribution in [2.24, 2.45) is 0 Å². The topological polar surface area (TPSA) is 108 Å². The van der Waals surface area contributed by atoms with Gasteiger partial charge in [-0.3, -0.25) is 4.98 Å². The van der Waals surface area contributed by atoms with Crippen LogP contribution in [0.3, 0.4) is 0 Å². The van der Waals surface area contributed by atoms with Crippen molar-refractivity contribution in [2.45, 2.75) is 65.0 Å². The Balaban J connectivity index is 1.34. The molecule has 1 aliphatic rings. The maximum Gasteiger partial charge on any atom is 0.407 e. The van der Waals surface area contributed by atoms with Crippen molar-refractivity contribution < 1.29 is 9.90 Å². The summed E-state index contributed by atoms with van der Waals surface area (Å²) in [6, 6.07) is 8.48. The number of hydrogen-bond acceptors (Lipinski definition) is 5. The number of nitriles is 1. The lowest BCUT2D eigenvalue weighted by atomic mass is 9.97. The number of aryl methyl sites for hydroxylation is 1. The fraction of sp³-hybridized carbons (Fsp3) is 0.433. The number of likely N-dealkylation sites (tertiary alicyclic amines) is 1. The number of pyridine rings is 1. The van der Waals surface area contributed by atoms with Crippen molar-refractivity contribution in [1.82, 2.24) is 19.8 Å². The van der Waals surface area contributed by atoms with Gasteiger partial charge in [0.1, 0.15) is 6.07 Å². The number of hydrogen-bond donors (Lipinski definition) is 3. The van der Waals surface area contributed by atoms with Gasteiger partial charge in [0.15, 0.2) is 0 Å². The van der Waals surface area contributed by atoms with Crippen LogP contribution in [0.25, 0.3) is 17.0 Å². The monoisotopic (exact) mass is 514 g/mol. The highest BCUT2D eigenvalue weighted by molar-refractivity contribution is 5.89. The number of fused-ring (bicyclic) bond motifs is 1. The SMILES string of the molecule is Cc1c(Nc2c(C#N)cncc2/C=C/CCCN2CCC(N(C(=O)O)C(C)(C)C)CC2)ccc2[nH]ccc12. The van der Waals surface area contributed by atoms with Crippen molar-refractivity contribution in [3.05, 3.63) is 59.6 Å². The molecule has 3 heterocycles. The zero-order valence-electron chi connectivity index (χ0n) is 22.8. The third-order valence-corrected chi connectivity index (χ3v) is 7.35. The lowest BCUT2D eigenvalue weighted by Gasteiger charge is -2.43. The minimum atomic E-state index is -0.829. The van der Waals surface area contributed by atoms with Gasteiger partial charge in [-0.2, -0.15) is 5.26 Å². The highest BCUT2D eigenvalue weighted by Gasteiger charge is 2.34. The maximum atomic E-state index is 11.8. The molecule has 8 heteroatoms. The number of rotatable bonds is 8. The Labute approximate surface area is 225 Å². The van der Waals surface area contributed by atoms with E-state index >= 15 is 0 Å². The summed E-state index contributed by atoms with van der Waals surface area (Å²) in [6.07, 6.45) is 12.3. The molecule has 4 rings (SSSR count). The molecule has 0 spiro atoms. The summed E-state index contributed by atoms with van der Waals surface area (Å²) >= 11 is 0. The second kappa shape index (κ2) is 11.7. The predicted octanol–water partition coefficient (Wildman–Crippen LogP) is 6.52. The second-order valence-corrected chi connectivity index (χ2v) is 11.0. The van der Waals surface area contributed by atoms with Crippen molar-refractivity contribution in [2.75, 3.05) is 25.0 Å². The molecule has 0 radical (unpaired) electrons. The number of aromatic nitrogens is 2.